The van der Waals surface area contributed by atoms with Crippen LogP contribution >= 0.6 is 11.6 Å². The van der Waals surface area contributed by atoms with Crippen LogP contribution in [0.3, 0.4) is 0 Å². The van der Waals surface area contributed by atoms with Gasteiger partial charge in [-0.2, -0.15) is 0 Å². The maximum absolute atomic E-state index is 13.4. The smallest absolute Gasteiger partial charge is 0.264 e. The maximum atomic E-state index is 13.4. The number of amides is 1. The largest absolute Gasteiger partial charge is 0.324 e. The molecule has 30 heavy (non-hydrogen) atoms. The van der Waals surface area contributed by atoms with Crippen LogP contribution in [0.25, 0.3) is 0 Å². The van der Waals surface area contributed by atoms with Crippen LogP contribution < -0.4 is 9.62 Å². The Morgan fingerprint density at radius 1 is 0.933 bits per heavy atom. The van der Waals surface area contributed by atoms with Crippen LogP contribution in [0.4, 0.5) is 11.4 Å². The number of sulfonamides is 1. The SMILES string of the molecule is Cc1ccc(S(=O)(=O)N(CC(=O)Nc2cccc(Cl)c2C)c2cccc(C)c2)cc1. The van der Waals surface area contributed by atoms with E-state index in [1.54, 1.807) is 67.6 Å². The number of rotatable bonds is 6. The zero-order valence-electron chi connectivity index (χ0n) is 17.0. The van der Waals surface area contributed by atoms with Crippen LogP contribution in [0.2, 0.25) is 5.02 Å². The van der Waals surface area contributed by atoms with Gasteiger partial charge in [0.25, 0.3) is 10.0 Å². The van der Waals surface area contributed by atoms with Gasteiger partial charge in [-0.05, 0) is 68.3 Å². The summed E-state index contributed by atoms with van der Waals surface area (Å²) in [5, 5.41) is 3.29. The zero-order valence-corrected chi connectivity index (χ0v) is 18.6. The molecule has 156 valence electrons. The topological polar surface area (TPSA) is 66.5 Å². The number of hydrogen-bond donors (Lipinski definition) is 1. The number of carbonyl (C=O) groups excluding carboxylic acids is 1. The second-order valence-corrected chi connectivity index (χ2v) is 9.39. The molecule has 0 fully saturated rings. The summed E-state index contributed by atoms with van der Waals surface area (Å²) in [6.07, 6.45) is 0. The summed E-state index contributed by atoms with van der Waals surface area (Å²) < 4.78 is 27.9. The van der Waals surface area contributed by atoms with E-state index in [1.165, 1.54) is 0 Å². The van der Waals surface area contributed by atoms with Gasteiger partial charge in [-0.25, -0.2) is 8.42 Å². The predicted octanol–water partition coefficient (Wildman–Crippen LogP) is 5.10. The van der Waals surface area contributed by atoms with Gasteiger partial charge in [-0.15, -0.1) is 0 Å². The molecule has 1 amide bonds. The highest BCUT2D eigenvalue weighted by Crippen LogP contribution is 2.26. The number of halogens is 1. The van der Waals surface area contributed by atoms with Crippen molar-refractivity contribution in [3.63, 3.8) is 0 Å². The molecular weight excluding hydrogens is 420 g/mol. The van der Waals surface area contributed by atoms with Gasteiger partial charge in [0.15, 0.2) is 0 Å². The number of nitrogens with zero attached hydrogens (tertiary/aromatic N) is 1. The highest BCUT2D eigenvalue weighted by atomic mass is 35.5. The fourth-order valence-corrected chi connectivity index (χ4v) is 4.59. The molecule has 0 atom stereocenters. The third kappa shape index (κ3) is 4.83. The lowest BCUT2D eigenvalue weighted by atomic mass is 10.2. The first-order chi connectivity index (χ1) is 14.2. The average molecular weight is 443 g/mol. The van der Waals surface area contributed by atoms with E-state index in [0.29, 0.717) is 16.4 Å². The van der Waals surface area contributed by atoms with Crippen molar-refractivity contribution in [3.8, 4) is 0 Å². The summed E-state index contributed by atoms with van der Waals surface area (Å²) in [5.41, 5.74) is 3.53. The molecule has 3 aromatic carbocycles. The van der Waals surface area contributed by atoms with Gasteiger partial charge in [0.1, 0.15) is 6.54 Å². The van der Waals surface area contributed by atoms with Gasteiger partial charge in [0, 0.05) is 10.7 Å². The van der Waals surface area contributed by atoms with Gasteiger partial charge < -0.3 is 5.32 Å². The van der Waals surface area contributed by atoms with Gasteiger partial charge >= 0.3 is 0 Å². The Morgan fingerprint density at radius 2 is 1.60 bits per heavy atom. The highest BCUT2D eigenvalue weighted by Gasteiger charge is 2.27. The summed E-state index contributed by atoms with van der Waals surface area (Å²) in [7, 11) is -3.95. The Balaban J connectivity index is 1.97. The van der Waals surface area contributed by atoms with E-state index >= 15 is 0 Å². The molecule has 3 rings (SSSR count). The first kappa shape index (κ1) is 21.9. The summed E-state index contributed by atoms with van der Waals surface area (Å²) in [5.74, 6) is -0.461. The molecule has 0 unspecified atom stereocenters. The van der Waals surface area contributed by atoms with E-state index in [9.17, 15) is 13.2 Å². The minimum atomic E-state index is -3.95. The van der Waals surface area contributed by atoms with Gasteiger partial charge in [-0.1, -0.05) is 47.5 Å². The fraction of sp³-hybridized carbons (Fsp3) is 0.174. The van der Waals surface area contributed by atoms with E-state index in [2.05, 4.69) is 5.32 Å². The van der Waals surface area contributed by atoms with Gasteiger partial charge in [0.2, 0.25) is 5.91 Å². The van der Waals surface area contributed by atoms with Crippen LogP contribution in [-0.4, -0.2) is 20.9 Å². The van der Waals surface area contributed by atoms with Crippen molar-refractivity contribution in [1.82, 2.24) is 0 Å². The molecule has 0 aromatic heterocycles. The molecule has 3 aromatic rings. The molecule has 0 saturated carbocycles. The van der Waals surface area contributed by atoms with Crippen LogP contribution in [0, 0.1) is 20.8 Å². The summed E-state index contributed by atoms with van der Waals surface area (Å²) in [4.78, 5) is 12.9. The molecule has 0 saturated heterocycles. The Labute approximate surface area is 182 Å². The van der Waals surface area contributed by atoms with Crippen molar-refractivity contribution in [2.45, 2.75) is 25.7 Å². The molecule has 0 aliphatic heterocycles. The molecule has 0 aliphatic carbocycles. The van der Waals surface area contributed by atoms with E-state index in [0.717, 1.165) is 21.0 Å². The fourth-order valence-electron chi connectivity index (χ4n) is 3.00. The minimum absolute atomic E-state index is 0.126. The Hall–Kier alpha value is -2.83. The van der Waals surface area contributed by atoms with E-state index in [4.69, 9.17) is 11.6 Å². The summed E-state index contributed by atoms with van der Waals surface area (Å²) >= 11 is 6.12. The maximum Gasteiger partial charge on any atom is 0.264 e. The predicted molar refractivity (Wildman–Crippen MR) is 122 cm³/mol. The Morgan fingerprint density at radius 3 is 2.27 bits per heavy atom. The number of anilines is 2. The number of carbonyl (C=O) groups is 1. The Kier molecular flexibility index (Phi) is 6.48. The molecule has 0 radical (unpaired) electrons. The van der Waals surface area contributed by atoms with Crippen molar-refractivity contribution in [3.05, 3.63) is 88.4 Å². The second kappa shape index (κ2) is 8.90. The molecule has 0 aliphatic rings. The van der Waals surface area contributed by atoms with E-state index in [-0.39, 0.29) is 11.4 Å². The molecule has 0 bridgehead atoms. The molecule has 1 N–H and O–H groups in total. The molecule has 7 heteroatoms. The summed E-state index contributed by atoms with van der Waals surface area (Å²) in [6, 6.07) is 18.8. The Bertz CT molecular complexity index is 1180. The van der Waals surface area contributed by atoms with Crippen molar-refractivity contribution < 1.29 is 13.2 Å². The second-order valence-electron chi connectivity index (χ2n) is 7.12. The average Bonchev–Trinajstić information content (AvgIpc) is 2.70. The molecule has 0 spiro atoms. The van der Waals surface area contributed by atoms with E-state index in [1.807, 2.05) is 19.9 Å². The zero-order chi connectivity index (χ0) is 21.9. The number of benzene rings is 3. The standard InChI is InChI=1S/C23H23ClN2O3S/c1-16-10-12-20(13-11-16)30(28,29)26(19-7-4-6-17(2)14-19)15-23(27)25-22-9-5-8-21(24)18(22)3/h4-14H,15H2,1-3H3,(H,25,27). The lowest BCUT2D eigenvalue weighted by Crippen LogP contribution is -2.38. The normalized spacial score (nSPS) is 11.2. The minimum Gasteiger partial charge on any atom is -0.324 e. The monoisotopic (exact) mass is 442 g/mol. The number of aryl methyl sites for hydroxylation is 2. The van der Waals surface area contributed by atoms with Crippen molar-refractivity contribution >= 4 is 38.9 Å². The summed E-state index contributed by atoms with van der Waals surface area (Å²) in [6.45, 7) is 5.18. The van der Waals surface area contributed by atoms with Crippen LogP contribution in [0.5, 0.6) is 0 Å². The third-order valence-corrected chi connectivity index (χ3v) is 6.93. The number of hydrogen-bond acceptors (Lipinski definition) is 3. The van der Waals surface area contributed by atoms with Crippen LogP contribution in [-0.2, 0) is 14.8 Å². The highest BCUT2D eigenvalue weighted by molar-refractivity contribution is 7.92. The molecular formula is C23H23ClN2O3S. The molecule has 0 heterocycles. The van der Waals surface area contributed by atoms with Gasteiger partial charge in [0.05, 0.1) is 10.6 Å². The van der Waals surface area contributed by atoms with Crippen molar-refractivity contribution in [1.29, 1.82) is 0 Å². The van der Waals surface area contributed by atoms with Crippen LogP contribution in [0.15, 0.2) is 71.6 Å². The lowest BCUT2D eigenvalue weighted by molar-refractivity contribution is -0.114. The van der Waals surface area contributed by atoms with Crippen molar-refractivity contribution in [2.24, 2.45) is 0 Å². The first-order valence-corrected chi connectivity index (χ1v) is 11.2. The van der Waals surface area contributed by atoms with E-state index < -0.39 is 15.9 Å². The first-order valence-electron chi connectivity index (χ1n) is 9.39. The number of nitrogens with one attached hydrogen (secondary N) is 1. The van der Waals surface area contributed by atoms with Gasteiger partial charge in [-0.3, -0.25) is 9.10 Å². The van der Waals surface area contributed by atoms with Crippen molar-refractivity contribution in [2.75, 3.05) is 16.2 Å². The van der Waals surface area contributed by atoms with Crippen LogP contribution in [0.1, 0.15) is 16.7 Å². The lowest BCUT2D eigenvalue weighted by Gasteiger charge is -2.24. The third-order valence-electron chi connectivity index (χ3n) is 4.73. The molecule has 5 nitrogen and oxygen atoms in total. The quantitative estimate of drug-likeness (QED) is 0.577.